The van der Waals surface area contributed by atoms with Crippen molar-refractivity contribution in [3.63, 3.8) is 0 Å². The smallest absolute Gasteiger partial charge is 0.257 e. The second kappa shape index (κ2) is 12.8. The highest BCUT2D eigenvalue weighted by atomic mass is 32.2. The Kier molecular flexibility index (Phi) is 9.00. The molecular weight excluding hydrogens is 542 g/mol. The van der Waals surface area contributed by atoms with E-state index in [4.69, 9.17) is 5.73 Å². The van der Waals surface area contributed by atoms with Crippen LogP contribution in [-0.4, -0.2) is 32.4 Å². The van der Waals surface area contributed by atoms with E-state index in [0.29, 0.717) is 28.3 Å². The lowest BCUT2D eigenvalue weighted by Crippen LogP contribution is -2.35. The largest absolute Gasteiger partial charge is 0.397 e. The lowest BCUT2D eigenvalue weighted by atomic mass is 9.95. The Morgan fingerprint density at radius 2 is 1.24 bits per heavy atom. The molecule has 0 aliphatic heterocycles. The van der Waals surface area contributed by atoms with E-state index in [-0.39, 0.29) is 17.7 Å². The molecule has 0 aromatic heterocycles. The van der Waals surface area contributed by atoms with E-state index in [1.807, 2.05) is 0 Å². The highest BCUT2D eigenvalue weighted by Crippen LogP contribution is 2.25. The molecule has 4 aromatic rings. The summed E-state index contributed by atoms with van der Waals surface area (Å²) in [6.45, 7) is 0. The van der Waals surface area contributed by atoms with Gasteiger partial charge >= 0.3 is 0 Å². The Balaban J connectivity index is 1.64. The summed E-state index contributed by atoms with van der Waals surface area (Å²) in [5.74, 6) is -2.89. The quantitative estimate of drug-likeness (QED) is 0.141. The summed E-state index contributed by atoms with van der Waals surface area (Å²) in [5.41, 5.74) is 8.13. The molecule has 0 saturated carbocycles. The van der Waals surface area contributed by atoms with E-state index in [9.17, 15) is 22.8 Å². The number of benzene rings is 4. The maximum atomic E-state index is 13.3. The summed E-state index contributed by atoms with van der Waals surface area (Å²) in [4.78, 5) is 39.7. The fourth-order valence-electron chi connectivity index (χ4n) is 4.04. The molecular formula is C30H29N5O5S. The molecule has 0 saturated heterocycles. The monoisotopic (exact) mass is 571 g/mol. The third kappa shape index (κ3) is 8.16. The third-order valence-corrected chi connectivity index (χ3v) is 6.58. The molecule has 4 aromatic carbocycles. The van der Waals surface area contributed by atoms with Crippen LogP contribution in [0.25, 0.3) is 0 Å². The summed E-state index contributed by atoms with van der Waals surface area (Å²) in [6.07, 6.45) is 0.878. The van der Waals surface area contributed by atoms with E-state index in [0.717, 1.165) is 6.26 Å². The second-order valence-corrected chi connectivity index (χ2v) is 11.0. The van der Waals surface area contributed by atoms with Gasteiger partial charge in [-0.25, -0.2) is 8.42 Å². The van der Waals surface area contributed by atoms with Crippen molar-refractivity contribution in [2.75, 3.05) is 32.7 Å². The number of rotatable bonds is 10. The van der Waals surface area contributed by atoms with Crippen LogP contribution in [0.2, 0.25) is 0 Å². The number of nitrogen functional groups attached to an aromatic ring is 1. The number of nitrogens with one attached hydrogen (secondary N) is 4. The van der Waals surface area contributed by atoms with Gasteiger partial charge in [0, 0.05) is 11.4 Å². The number of hydrogen-bond acceptors (Lipinski definition) is 6. The number of amides is 3. The van der Waals surface area contributed by atoms with Crippen molar-refractivity contribution in [3.8, 4) is 0 Å². The second-order valence-electron chi connectivity index (χ2n) is 9.26. The normalized spacial score (nSPS) is 11.0. The van der Waals surface area contributed by atoms with Crippen molar-refractivity contribution in [3.05, 3.63) is 114 Å². The molecule has 41 heavy (non-hydrogen) atoms. The molecule has 0 bridgehead atoms. The van der Waals surface area contributed by atoms with Gasteiger partial charge in [-0.05, 0) is 60.5 Å². The molecule has 0 fully saturated rings. The highest BCUT2D eigenvalue weighted by molar-refractivity contribution is 7.92. The minimum atomic E-state index is -3.79. The maximum absolute atomic E-state index is 13.3. The number of carbonyl (C=O) groups is 3. The number of anilines is 5. The van der Waals surface area contributed by atoms with Crippen LogP contribution >= 0.6 is 0 Å². The van der Waals surface area contributed by atoms with Gasteiger partial charge in [-0.1, -0.05) is 54.6 Å². The zero-order chi connectivity index (χ0) is 29.4. The van der Waals surface area contributed by atoms with Crippen molar-refractivity contribution in [2.45, 2.75) is 6.42 Å². The zero-order valence-electron chi connectivity index (χ0n) is 22.1. The first kappa shape index (κ1) is 28.8. The molecule has 0 aliphatic carbocycles. The molecule has 0 radical (unpaired) electrons. The minimum absolute atomic E-state index is 0.0114. The van der Waals surface area contributed by atoms with E-state index in [2.05, 4.69) is 20.7 Å². The van der Waals surface area contributed by atoms with Crippen LogP contribution in [0.3, 0.4) is 0 Å². The summed E-state index contributed by atoms with van der Waals surface area (Å²) >= 11 is 0. The molecule has 3 amide bonds. The molecule has 0 heterocycles. The minimum Gasteiger partial charge on any atom is -0.397 e. The Labute approximate surface area is 238 Å². The number of sulfonamides is 1. The van der Waals surface area contributed by atoms with Gasteiger partial charge in [0.25, 0.3) is 5.91 Å². The number of hydrogen-bond donors (Lipinski definition) is 5. The molecule has 10 nitrogen and oxygen atoms in total. The van der Waals surface area contributed by atoms with Crippen LogP contribution in [0.5, 0.6) is 0 Å². The fourth-order valence-corrected chi connectivity index (χ4v) is 4.61. The van der Waals surface area contributed by atoms with Gasteiger partial charge in [-0.3, -0.25) is 19.1 Å². The van der Waals surface area contributed by atoms with E-state index in [1.165, 1.54) is 12.1 Å². The van der Waals surface area contributed by atoms with Gasteiger partial charge in [0.1, 0.15) is 5.92 Å². The van der Waals surface area contributed by atoms with Crippen molar-refractivity contribution in [1.29, 1.82) is 0 Å². The third-order valence-electron chi connectivity index (χ3n) is 5.99. The van der Waals surface area contributed by atoms with Crippen molar-refractivity contribution >= 4 is 56.2 Å². The van der Waals surface area contributed by atoms with Crippen LogP contribution in [-0.2, 0) is 26.0 Å². The predicted molar refractivity (Wildman–Crippen MR) is 161 cm³/mol. The van der Waals surface area contributed by atoms with E-state index in [1.54, 1.807) is 91.0 Å². The van der Waals surface area contributed by atoms with Gasteiger partial charge in [-0.15, -0.1) is 0 Å². The molecule has 0 aliphatic rings. The first-order chi connectivity index (χ1) is 19.6. The summed E-state index contributed by atoms with van der Waals surface area (Å²) < 4.78 is 26.7. The maximum Gasteiger partial charge on any atom is 0.257 e. The molecule has 0 atom stereocenters. The zero-order valence-corrected chi connectivity index (χ0v) is 22.9. The molecule has 11 heteroatoms. The Morgan fingerprint density at radius 3 is 1.78 bits per heavy atom. The standard InChI is InChI=1S/C30H29N5O5S/c1-41(39,40)35-27-19-20(16-17-23(27)28(36)34-26-15-9-8-14-25(26)31)18-24(29(37)32-21-10-4-2-5-11-21)30(38)33-22-12-6-3-7-13-22/h2-17,19,24,35H,18,31H2,1H3,(H,32,37)(H,33,38)(H,34,36). The van der Waals surface area contributed by atoms with Crippen LogP contribution in [0.4, 0.5) is 28.4 Å². The number of carbonyl (C=O) groups excluding carboxylic acids is 3. The Hall–Kier alpha value is -5.16. The van der Waals surface area contributed by atoms with Crippen LogP contribution < -0.4 is 26.4 Å². The first-order valence-electron chi connectivity index (χ1n) is 12.6. The molecule has 210 valence electrons. The van der Waals surface area contributed by atoms with Gasteiger partial charge in [0.05, 0.1) is 28.9 Å². The van der Waals surface area contributed by atoms with E-state index < -0.39 is 33.7 Å². The Bertz CT molecular complexity index is 1610. The van der Waals surface area contributed by atoms with Crippen molar-refractivity contribution < 1.29 is 22.8 Å². The molecule has 0 unspecified atom stereocenters. The first-order valence-corrected chi connectivity index (χ1v) is 14.5. The van der Waals surface area contributed by atoms with Gasteiger partial charge in [0.15, 0.2) is 0 Å². The average molecular weight is 572 g/mol. The summed E-state index contributed by atoms with van der Waals surface area (Å²) in [6, 6.07) is 28.5. The number of para-hydroxylation sites is 4. The molecule has 4 rings (SSSR count). The van der Waals surface area contributed by atoms with Crippen molar-refractivity contribution in [1.82, 2.24) is 0 Å². The van der Waals surface area contributed by atoms with Gasteiger partial charge < -0.3 is 21.7 Å². The summed E-state index contributed by atoms with van der Waals surface area (Å²) in [5, 5.41) is 8.19. The predicted octanol–water partition coefficient (Wildman–Crippen LogP) is 4.33. The molecule has 0 spiro atoms. The van der Waals surface area contributed by atoms with Crippen LogP contribution in [0.1, 0.15) is 15.9 Å². The highest BCUT2D eigenvalue weighted by Gasteiger charge is 2.28. The Morgan fingerprint density at radius 1 is 0.707 bits per heavy atom. The van der Waals surface area contributed by atoms with Crippen LogP contribution in [0.15, 0.2) is 103 Å². The SMILES string of the molecule is CS(=O)(=O)Nc1cc(CC(C(=O)Nc2ccccc2)C(=O)Nc2ccccc2)ccc1C(=O)Nc1ccccc1N. The lowest BCUT2D eigenvalue weighted by molar-refractivity contribution is -0.129. The van der Waals surface area contributed by atoms with Gasteiger partial charge in [0.2, 0.25) is 21.8 Å². The lowest BCUT2D eigenvalue weighted by Gasteiger charge is -2.19. The van der Waals surface area contributed by atoms with E-state index >= 15 is 0 Å². The van der Waals surface area contributed by atoms with Crippen LogP contribution in [0, 0.1) is 5.92 Å². The molecule has 6 N–H and O–H groups in total. The average Bonchev–Trinajstić information content (AvgIpc) is 2.93. The summed E-state index contributed by atoms with van der Waals surface area (Å²) in [7, 11) is -3.79. The van der Waals surface area contributed by atoms with Crippen molar-refractivity contribution in [2.24, 2.45) is 5.92 Å². The van der Waals surface area contributed by atoms with Gasteiger partial charge in [-0.2, -0.15) is 0 Å². The topological polar surface area (TPSA) is 159 Å². The number of nitrogens with two attached hydrogens (primary N) is 1. The fraction of sp³-hybridized carbons (Fsp3) is 0.100.